The van der Waals surface area contributed by atoms with Gasteiger partial charge in [0.2, 0.25) is 0 Å². The lowest BCUT2D eigenvalue weighted by Gasteiger charge is -2.19. The Morgan fingerprint density at radius 1 is 1.11 bits per heavy atom. The van der Waals surface area contributed by atoms with Crippen molar-refractivity contribution in [2.75, 3.05) is 19.7 Å². The van der Waals surface area contributed by atoms with E-state index in [0.717, 1.165) is 25.6 Å². The molecule has 2 fully saturated rings. The van der Waals surface area contributed by atoms with Crippen LogP contribution in [0.2, 0.25) is 0 Å². The lowest BCUT2D eigenvalue weighted by molar-refractivity contribution is 0.0905. The van der Waals surface area contributed by atoms with Crippen LogP contribution >= 0.6 is 0 Å². The lowest BCUT2D eigenvalue weighted by atomic mass is 9.94. The van der Waals surface area contributed by atoms with E-state index in [1.54, 1.807) is 0 Å². The van der Waals surface area contributed by atoms with Crippen LogP contribution in [0.4, 0.5) is 0 Å². The molecule has 19 heavy (non-hydrogen) atoms. The van der Waals surface area contributed by atoms with Gasteiger partial charge < -0.3 is 10.1 Å². The Bertz CT molecular complexity index is 396. The van der Waals surface area contributed by atoms with Crippen molar-refractivity contribution in [2.45, 2.75) is 44.6 Å². The molecule has 1 saturated carbocycles. The van der Waals surface area contributed by atoms with E-state index >= 15 is 0 Å². The van der Waals surface area contributed by atoms with Crippen molar-refractivity contribution in [3.05, 3.63) is 35.4 Å². The molecule has 1 aliphatic heterocycles. The van der Waals surface area contributed by atoms with Gasteiger partial charge in [-0.05, 0) is 49.3 Å². The smallest absolute Gasteiger partial charge is 0.0866 e. The maximum Gasteiger partial charge on any atom is 0.0866 e. The zero-order valence-electron chi connectivity index (χ0n) is 11.9. The molecule has 1 aromatic rings. The Morgan fingerprint density at radius 3 is 2.53 bits per heavy atom. The van der Waals surface area contributed by atoms with Crippen molar-refractivity contribution in [2.24, 2.45) is 5.92 Å². The minimum atomic E-state index is 0.303. The fourth-order valence-electron chi connectivity index (χ4n) is 3.05. The van der Waals surface area contributed by atoms with Crippen molar-refractivity contribution in [1.29, 1.82) is 0 Å². The molecule has 0 aromatic heterocycles. The molecule has 2 unspecified atom stereocenters. The summed E-state index contributed by atoms with van der Waals surface area (Å²) in [6.07, 6.45) is 5.45. The molecule has 104 valence electrons. The zero-order valence-corrected chi connectivity index (χ0v) is 11.9. The third kappa shape index (κ3) is 3.18. The number of hydrogen-bond donors (Lipinski definition) is 1. The van der Waals surface area contributed by atoms with Crippen LogP contribution in [0.25, 0.3) is 0 Å². The Hall–Kier alpha value is -0.860. The highest BCUT2D eigenvalue weighted by molar-refractivity contribution is 5.29. The van der Waals surface area contributed by atoms with Gasteiger partial charge in [-0.15, -0.1) is 0 Å². The largest absolute Gasteiger partial charge is 0.373 e. The first kappa shape index (κ1) is 13.1. The second-order valence-electron chi connectivity index (χ2n) is 5.99. The SMILES string of the molecule is CCCNCC1CCOC1c1ccc(C2CC2)cc1. The van der Waals surface area contributed by atoms with E-state index < -0.39 is 0 Å². The minimum absolute atomic E-state index is 0.303. The average molecular weight is 259 g/mol. The molecule has 2 aliphatic rings. The maximum atomic E-state index is 5.96. The summed E-state index contributed by atoms with van der Waals surface area (Å²) in [5.74, 6) is 1.49. The summed E-state index contributed by atoms with van der Waals surface area (Å²) in [5.41, 5.74) is 2.88. The van der Waals surface area contributed by atoms with Gasteiger partial charge in [-0.3, -0.25) is 0 Å². The summed E-state index contributed by atoms with van der Waals surface area (Å²) in [5, 5.41) is 3.54. The quantitative estimate of drug-likeness (QED) is 0.788. The predicted octanol–water partition coefficient (Wildman–Crippen LogP) is 3.64. The molecule has 1 saturated heterocycles. The van der Waals surface area contributed by atoms with Crippen molar-refractivity contribution in [1.82, 2.24) is 5.32 Å². The third-order valence-corrected chi connectivity index (χ3v) is 4.36. The first-order valence-electron chi connectivity index (χ1n) is 7.80. The summed E-state index contributed by atoms with van der Waals surface area (Å²) >= 11 is 0. The standard InChI is InChI=1S/C17H25NO/c1-2-10-18-12-16-9-11-19-17(16)15-7-5-14(6-8-15)13-3-4-13/h5-8,13,16-18H,2-4,9-12H2,1H3. The molecule has 0 bridgehead atoms. The predicted molar refractivity (Wildman–Crippen MR) is 78.4 cm³/mol. The van der Waals surface area contributed by atoms with Gasteiger partial charge in [0.15, 0.2) is 0 Å². The van der Waals surface area contributed by atoms with Crippen LogP contribution in [0.15, 0.2) is 24.3 Å². The second kappa shape index (κ2) is 6.06. The topological polar surface area (TPSA) is 21.3 Å². The molecule has 2 heteroatoms. The van der Waals surface area contributed by atoms with E-state index in [1.807, 2.05) is 0 Å². The molecule has 0 amide bonds. The van der Waals surface area contributed by atoms with E-state index in [9.17, 15) is 0 Å². The molecule has 0 radical (unpaired) electrons. The van der Waals surface area contributed by atoms with Crippen LogP contribution in [0.1, 0.15) is 55.8 Å². The normalized spacial score (nSPS) is 26.8. The number of benzene rings is 1. The Morgan fingerprint density at radius 2 is 1.84 bits per heavy atom. The van der Waals surface area contributed by atoms with E-state index in [0.29, 0.717) is 12.0 Å². The summed E-state index contributed by atoms with van der Waals surface area (Å²) in [4.78, 5) is 0. The second-order valence-corrected chi connectivity index (χ2v) is 5.99. The van der Waals surface area contributed by atoms with Gasteiger partial charge in [0.1, 0.15) is 0 Å². The number of rotatable bonds is 6. The highest BCUT2D eigenvalue weighted by atomic mass is 16.5. The highest BCUT2D eigenvalue weighted by Crippen LogP contribution is 2.41. The van der Waals surface area contributed by atoms with Gasteiger partial charge in [0, 0.05) is 19.1 Å². The number of ether oxygens (including phenoxy) is 1. The van der Waals surface area contributed by atoms with Crippen molar-refractivity contribution < 1.29 is 4.74 Å². The van der Waals surface area contributed by atoms with Crippen LogP contribution in [0.5, 0.6) is 0 Å². The summed E-state index contributed by atoms with van der Waals surface area (Å²) in [6, 6.07) is 9.20. The molecular formula is C17H25NO. The molecule has 2 nitrogen and oxygen atoms in total. The molecule has 2 atom stereocenters. The summed E-state index contributed by atoms with van der Waals surface area (Å²) in [7, 11) is 0. The molecule has 0 spiro atoms. The van der Waals surface area contributed by atoms with Gasteiger partial charge in [-0.1, -0.05) is 31.2 Å². The van der Waals surface area contributed by atoms with Gasteiger partial charge >= 0.3 is 0 Å². The Labute approximate surface area is 116 Å². The van der Waals surface area contributed by atoms with Gasteiger partial charge in [-0.25, -0.2) is 0 Å². The number of hydrogen-bond acceptors (Lipinski definition) is 2. The highest BCUT2D eigenvalue weighted by Gasteiger charge is 2.30. The van der Waals surface area contributed by atoms with E-state index in [2.05, 4.69) is 36.5 Å². The first-order chi connectivity index (χ1) is 9.38. The fraction of sp³-hybridized carbons (Fsp3) is 0.647. The van der Waals surface area contributed by atoms with Gasteiger partial charge in [-0.2, -0.15) is 0 Å². The summed E-state index contributed by atoms with van der Waals surface area (Å²) in [6.45, 7) is 5.33. The minimum Gasteiger partial charge on any atom is -0.373 e. The van der Waals surface area contributed by atoms with E-state index in [-0.39, 0.29) is 0 Å². The van der Waals surface area contributed by atoms with E-state index in [1.165, 1.54) is 36.8 Å². The van der Waals surface area contributed by atoms with Gasteiger partial charge in [0.25, 0.3) is 0 Å². The van der Waals surface area contributed by atoms with Crippen molar-refractivity contribution >= 4 is 0 Å². The zero-order chi connectivity index (χ0) is 13.1. The lowest BCUT2D eigenvalue weighted by Crippen LogP contribution is -2.25. The monoisotopic (exact) mass is 259 g/mol. The maximum absolute atomic E-state index is 5.96. The summed E-state index contributed by atoms with van der Waals surface area (Å²) < 4.78 is 5.96. The van der Waals surface area contributed by atoms with Crippen LogP contribution in [-0.4, -0.2) is 19.7 Å². The first-order valence-corrected chi connectivity index (χ1v) is 7.80. The van der Waals surface area contributed by atoms with Crippen LogP contribution in [-0.2, 0) is 4.74 Å². The van der Waals surface area contributed by atoms with Crippen LogP contribution < -0.4 is 5.32 Å². The third-order valence-electron chi connectivity index (χ3n) is 4.36. The molecular weight excluding hydrogens is 234 g/mol. The Kier molecular flexibility index (Phi) is 4.19. The molecule has 1 heterocycles. The molecule has 1 N–H and O–H groups in total. The van der Waals surface area contributed by atoms with Crippen molar-refractivity contribution in [3.63, 3.8) is 0 Å². The van der Waals surface area contributed by atoms with E-state index in [4.69, 9.17) is 4.74 Å². The molecule has 1 aromatic carbocycles. The Balaban J connectivity index is 1.62. The average Bonchev–Trinajstić information content (AvgIpc) is 3.19. The van der Waals surface area contributed by atoms with Crippen LogP contribution in [0, 0.1) is 5.92 Å². The fourth-order valence-corrected chi connectivity index (χ4v) is 3.05. The van der Waals surface area contributed by atoms with Gasteiger partial charge in [0.05, 0.1) is 6.10 Å². The molecule has 3 rings (SSSR count). The van der Waals surface area contributed by atoms with Crippen molar-refractivity contribution in [3.8, 4) is 0 Å². The van der Waals surface area contributed by atoms with Crippen LogP contribution in [0.3, 0.4) is 0 Å². The number of nitrogens with one attached hydrogen (secondary N) is 1. The molecule has 1 aliphatic carbocycles.